The van der Waals surface area contributed by atoms with Gasteiger partial charge in [-0.1, -0.05) is 70.0 Å². The molecule has 2 aliphatic heterocycles. The third kappa shape index (κ3) is 5.37. The van der Waals surface area contributed by atoms with Gasteiger partial charge in [-0.25, -0.2) is 9.98 Å². The molecule has 1 atom stereocenters. The van der Waals surface area contributed by atoms with Crippen molar-refractivity contribution < 1.29 is 0 Å². The van der Waals surface area contributed by atoms with Gasteiger partial charge in [-0.05, 0) is 35.9 Å². The highest BCUT2D eigenvalue weighted by Gasteiger charge is 2.23. The highest BCUT2D eigenvalue weighted by molar-refractivity contribution is 5.94. The lowest BCUT2D eigenvalue weighted by molar-refractivity contribution is 0.785. The molecule has 0 bridgehead atoms. The van der Waals surface area contributed by atoms with Crippen LogP contribution in [0.15, 0.2) is 89.7 Å². The molecule has 3 heterocycles. The first-order chi connectivity index (χ1) is 15.6. The lowest BCUT2D eigenvalue weighted by Crippen LogP contribution is -2.27. The summed E-state index contributed by atoms with van der Waals surface area (Å²) in [5.74, 6) is 1.96. The van der Waals surface area contributed by atoms with Crippen molar-refractivity contribution in [2.24, 2.45) is 15.9 Å². The Morgan fingerprint density at radius 1 is 1.25 bits per heavy atom. The number of pyridine rings is 1. The Bertz CT molecular complexity index is 1070. The van der Waals surface area contributed by atoms with Gasteiger partial charge in [0.25, 0.3) is 0 Å². The fourth-order valence-electron chi connectivity index (χ4n) is 3.49. The molecule has 0 fully saturated rings. The number of hydrogen-bond acceptors (Lipinski definition) is 5. The number of nitrogens with one attached hydrogen (secondary N) is 1. The van der Waals surface area contributed by atoms with Gasteiger partial charge in [0.05, 0.1) is 5.69 Å². The summed E-state index contributed by atoms with van der Waals surface area (Å²) < 4.78 is 0. The molecule has 5 heteroatoms. The van der Waals surface area contributed by atoms with Crippen LogP contribution in [-0.4, -0.2) is 37.2 Å². The van der Waals surface area contributed by atoms with E-state index in [1.807, 2.05) is 42.8 Å². The average Bonchev–Trinajstić information content (AvgIpc) is 3.00. The smallest absolute Gasteiger partial charge is 0.145 e. The minimum absolute atomic E-state index is 0.231. The maximum atomic E-state index is 5.04. The van der Waals surface area contributed by atoms with Crippen LogP contribution in [-0.2, 0) is 0 Å². The normalized spacial score (nSPS) is 18.1. The average molecular weight is 426 g/mol. The van der Waals surface area contributed by atoms with Gasteiger partial charge in [0.1, 0.15) is 18.3 Å². The largest absolute Gasteiger partial charge is 0.313 e. The van der Waals surface area contributed by atoms with E-state index in [-0.39, 0.29) is 5.92 Å². The van der Waals surface area contributed by atoms with Crippen LogP contribution in [0.4, 0.5) is 5.82 Å². The van der Waals surface area contributed by atoms with Crippen molar-refractivity contribution in [1.29, 1.82) is 0 Å². The van der Waals surface area contributed by atoms with Crippen LogP contribution in [0, 0.1) is 5.92 Å². The number of allylic oxidation sites excluding steroid dienone is 7. The van der Waals surface area contributed by atoms with Crippen molar-refractivity contribution in [3.05, 3.63) is 96.6 Å². The predicted octanol–water partition coefficient (Wildman–Crippen LogP) is 5.33. The number of nitrogens with zero attached hydrogens (tertiary/aromatic N) is 4. The summed E-state index contributed by atoms with van der Waals surface area (Å²) in [6, 6.07) is 2.11. The number of likely N-dealkylation sites (N-methyl/N-ethyl adjacent to an activating group) is 1. The fraction of sp³-hybridized carbons (Fsp3) is 0.222. The van der Waals surface area contributed by atoms with Crippen LogP contribution in [0.2, 0.25) is 0 Å². The number of fused-ring (bicyclic) bond motifs is 3. The molecule has 0 spiro atoms. The van der Waals surface area contributed by atoms with E-state index in [1.54, 1.807) is 6.08 Å². The summed E-state index contributed by atoms with van der Waals surface area (Å²) in [6.07, 6.45) is 19.4. The van der Waals surface area contributed by atoms with Crippen molar-refractivity contribution in [2.45, 2.75) is 13.8 Å². The third-order valence-electron chi connectivity index (χ3n) is 5.14. The van der Waals surface area contributed by atoms with Crippen molar-refractivity contribution in [2.75, 3.05) is 24.7 Å². The van der Waals surface area contributed by atoms with Gasteiger partial charge >= 0.3 is 0 Å². The molecule has 0 radical (unpaired) electrons. The number of aromatic nitrogens is 1. The summed E-state index contributed by atoms with van der Waals surface area (Å²) in [4.78, 5) is 16.3. The second kappa shape index (κ2) is 11.2. The van der Waals surface area contributed by atoms with E-state index in [4.69, 9.17) is 4.98 Å². The lowest BCUT2D eigenvalue weighted by Gasteiger charge is -2.27. The lowest BCUT2D eigenvalue weighted by atomic mass is 10.00. The third-order valence-corrected chi connectivity index (χ3v) is 5.14. The first-order valence-electron chi connectivity index (χ1n) is 10.9. The maximum absolute atomic E-state index is 5.04. The monoisotopic (exact) mass is 425 g/mol. The second-order valence-corrected chi connectivity index (χ2v) is 7.52. The minimum Gasteiger partial charge on any atom is -0.313 e. The number of rotatable bonds is 9. The van der Waals surface area contributed by atoms with E-state index in [2.05, 4.69) is 72.0 Å². The molecule has 32 heavy (non-hydrogen) atoms. The van der Waals surface area contributed by atoms with Gasteiger partial charge in [-0.3, -0.25) is 9.89 Å². The molecule has 1 N–H and O–H groups in total. The maximum Gasteiger partial charge on any atom is 0.145 e. The van der Waals surface area contributed by atoms with E-state index in [0.29, 0.717) is 6.67 Å². The Kier molecular flexibility index (Phi) is 8.06. The van der Waals surface area contributed by atoms with Crippen LogP contribution in [0.3, 0.4) is 0 Å². The molecule has 1 aromatic heterocycles. The summed E-state index contributed by atoms with van der Waals surface area (Å²) in [7, 11) is 0. The zero-order chi connectivity index (χ0) is 22.9. The molecular weight excluding hydrogens is 394 g/mol. The number of aliphatic imine (C=N–C) groups is 2. The molecule has 0 saturated heterocycles. The van der Waals surface area contributed by atoms with Crippen LogP contribution >= 0.6 is 0 Å². The van der Waals surface area contributed by atoms with Gasteiger partial charge in [-0.15, -0.1) is 0 Å². The first kappa shape index (κ1) is 23.1. The zero-order valence-corrected chi connectivity index (χ0v) is 19.0. The standard InChI is InChI=1S/C27H31N5/c1-6-11-22(8-3)24-15-23-18-30-26-14-20(5)16-29-19-32(26)27(23)31-25(24)13-10-12-21(7-2)17-28-9-4/h6-8,10-16,18,20,28H,1-3,9,17,19H2,4-5H3/b13-10+,21-12+,22-11+. The van der Waals surface area contributed by atoms with E-state index in [0.717, 1.165) is 52.7 Å². The Hall–Kier alpha value is -3.57. The van der Waals surface area contributed by atoms with Gasteiger partial charge < -0.3 is 5.32 Å². The van der Waals surface area contributed by atoms with E-state index < -0.39 is 0 Å². The minimum atomic E-state index is 0.231. The molecule has 0 aromatic carbocycles. The quantitative estimate of drug-likeness (QED) is 0.544. The van der Waals surface area contributed by atoms with E-state index in [1.165, 1.54) is 0 Å². The van der Waals surface area contributed by atoms with Crippen molar-refractivity contribution in [1.82, 2.24) is 10.3 Å². The van der Waals surface area contributed by atoms with Crippen LogP contribution < -0.4 is 10.2 Å². The summed E-state index contributed by atoms with van der Waals surface area (Å²) in [5, 5.41) is 3.32. The highest BCUT2D eigenvalue weighted by Crippen LogP contribution is 2.32. The molecule has 2 aliphatic rings. The van der Waals surface area contributed by atoms with Gasteiger partial charge in [0.2, 0.25) is 0 Å². The Morgan fingerprint density at radius 3 is 2.81 bits per heavy atom. The topological polar surface area (TPSA) is 52.9 Å². The van der Waals surface area contributed by atoms with Gasteiger partial charge in [0, 0.05) is 36.0 Å². The van der Waals surface area contributed by atoms with Crippen LogP contribution in [0.5, 0.6) is 0 Å². The van der Waals surface area contributed by atoms with Crippen molar-refractivity contribution >= 4 is 29.9 Å². The molecule has 0 saturated carbocycles. The van der Waals surface area contributed by atoms with Crippen molar-refractivity contribution in [3.63, 3.8) is 0 Å². The predicted molar refractivity (Wildman–Crippen MR) is 139 cm³/mol. The molecule has 0 aliphatic carbocycles. The fourth-order valence-corrected chi connectivity index (χ4v) is 3.49. The molecule has 164 valence electrons. The summed E-state index contributed by atoms with van der Waals surface area (Å²) in [5.41, 5.74) is 4.83. The van der Waals surface area contributed by atoms with Crippen LogP contribution in [0.1, 0.15) is 30.7 Å². The van der Waals surface area contributed by atoms with E-state index >= 15 is 0 Å². The summed E-state index contributed by atoms with van der Waals surface area (Å²) in [6.45, 7) is 18.1. The van der Waals surface area contributed by atoms with Gasteiger partial charge in [-0.2, -0.15) is 0 Å². The van der Waals surface area contributed by atoms with E-state index in [9.17, 15) is 0 Å². The molecule has 1 aromatic rings. The first-order valence-corrected chi connectivity index (χ1v) is 10.9. The summed E-state index contributed by atoms with van der Waals surface area (Å²) >= 11 is 0. The highest BCUT2D eigenvalue weighted by atomic mass is 15.3. The molecule has 5 nitrogen and oxygen atoms in total. The van der Waals surface area contributed by atoms with Crippen LogP contribution in [0.25, 0.3) is 11.6 Å². The second-order valence-electron chi connectivity index (χ2n) is 7.52. The Labute approximate surface area is 191 Å². The molecule has 3 rings (SSSR count). The number of hydrogen-bond donors (Lipinski definition) is 1. The van der Waals surface area contributed by atoms with Crippen molar-refractivity contribution in [3.8, 4) is 0 Å². The SMILES string of the molecule is C=C/C=C(\C=C)c1cc2c(nc1/C=C/C=C(\C=C)CNCC)N1CN=CC(C)C=C1N=C2. The molecule has 1 unspecified atom stereocenters. The van der Waals surface area contributed by atoms with Gasteiger partial charge in [0.15, 0.2) is 0 Å². The molecule has 0 amide bonds. The Morgan fingerprint density at radius 2 is 2.09 bits per heavy atom. The Balaban J connectivity index is 2.09. The molecular formula is C27H31N5. The zero-order valence-electron chi connectivity index (χ0n) is 19.0. The number of anilines is 1.